The fourth-order valence-electron chi connectivity index (χ4n) is 14.1. The lowest BCUT2D eigenvalue weighted by molar-refractivity contribution is 0.483. The van der Waals surface area contributed by atoms with Crippen molar-refractivity contribution in [2.75, 3.05) is 16.5 Å². The van der Waals surface area contributed by atoms with E-state index < -0.39 is 18.3 Å². The number of para-hydroxylation sites is 4. The van der Waals surface area contributed by atoms with Crippen molar-refractivity contribution in [3.63, 3.8) is 0 Å². The molecule has 2 aromatic heterocycles. The average Bonchev–Trinajstić information content (AvgIpc) is 1.58. The summed E-state index contributed by atoms with van der Waals surface area (Å²) in [6.45, 7) is 16.6. The Morgan fingerprint density at radius 3 is 1.82 bits per heavy atom. The smallest absolute Gasteiger partial charge is 0.137 e. The number of aromatic nitrogens is 2. The molecule has 1 spiro atoms. The van der Waals surface area contributed by atoms with Crippen molar-refractivity contribution in [1.82, 2.24) is 9.55 Å². The zero-order valence-corrected chi connectivity index (χ0v) is 48.6. The Kier molecular flexibility index (Phi) is 9.88. The molecule has 0 unspecified atom stereocenters. The normalized spacial score (nSPS) is 15.9. The molecule has 410 valence electrons. The number of nitrogens with zero attached hydrogens (tertiary/aromatic N) is 4. The maximum atomic E-state index is 9.11. The van der Waals surface area contributed by atoms with E-state index in [1.165, 1.54) is 74.0 Å². The predicted octanol–water partition coefficient (Wildman–Crippen LogP) is 20.5. The molecule has 0 fully saturated rings. The van der Waals surface area contributed by atoms with Crippen LogP contribution in [0, 0.1) is 6.85 Å². The van der Waals surface area contributed by atoms with Crippen molar-refractivity contribution in [2.45, 2.75) is 83.9 Å². The van der Waals surface area contributed by atoms with Crippen LogP contribution in [0.2, 0.25) is 0 Å². The summed E-state index contributed by atoms with van der Waals surface area (Å²) < 4.78 is 68.5. The van der Waals surface area contributed by atoms with E-state index in [-0.39, 0.29) is 51.3 Å². The van der Waals surface area contributed by atoms with Gasteiger partial charge in [-0.3, -0.25) is 4.57 Å². The van der Waals surface area contributed by atoms with Gasteiger partial charge < -0.3 is 14.5 Å². The second kappa shape index (κ2) is 18.8. The first kappa shape index (κ1) is 44.2. The van der Waals surface area contributed by atoms with Crippen molar-refractivity contribution in [3.8, 4) is 50.7 Å². The highest BCUT2D eigenvalue weighted by molar-refractivity contribution is 6.10. The number of hydrogen-bond donors (Lipinski definition) is 0. The van der Waals surface area contributed by atoms with Crippen LogP contribution >= 0.6 is 0 Å². The molecule has 15 rings (SSSR count). The van der Waals surface area contributed by atoms with Crippen LogP contribution in [0.1, 0.15) is 115 Å². The monoisotopic (exact) mass is 1100 g/mol. The average molecular weight is 1100 g/mol. The lowest BCUT2D eigenvalue weighted by atomic mass is 9.55. The van der Waals surface area contributed by atoms with Crippen LogP contribution < -0.4 is 14.5 Å². The molecule has 5 nitrogen and oxygen atoms in total. The van der Waals surface area contributed by atoms with Crippen LogP contribution in [0.15, 0.2) is 237 Å². The molecule has 3 heterocycles. The maximum Gasteiger partial charge on any atom is 0.137 e. The first-order valence-corrected chi connectivity index (χ1v) is 29.1. The predicted molar refractivity (Wildman–Crippen MR) is 350 cm³/mol. The number of hydrogen-bond acceptors (Lipinski definition) is 4. The zero-order valence-electron chi connectivity index (χ0n) is 55.6. The van der Waals surface area contributed by atoms with Gasteiger partial charge in [0.25, 0.3) is 0 Å². The lowest BCUT2D eigenvalue weighted by Crippen LogP contribution is -2.40. The number of rotatable bonds is 7. The molecule has 84 heavy (non-hydrogen) atoms. The summed E-state index contributed by atoms with van der Waals surface area (Å²) in [6.07, 6.45) is 1.41. The van der Waals surface area contributed by atoms with E-state index in [0.29, 0.717) is 34.5 Å². The van der Waals surface area contributed by atoms with Gasteiger partial charge in [-0.1, -0.05) is 219 Å². The standard InChI is InChI=1S/C79H68N4O/c1-50-41-42-80-73(43-50)83-69-36-17-11-25-58(69)59-40-39-56(48-72(59)83)84-55-24-20-23-54(47-55)81-49-82(71-38-19-18-37-70(71)81)75-57(51-44-52(76(2,3)4)46-53(45-51)77(5,6)7)27-21-29-61(75)60-28-22-35-68-74(60)62-26-10-12-30-63(62)79(68)66-33-15-13-31-64(66)78(8,9)65-32-14-16-34-67(65)79/h10-48H,49H2,1-9H3/i1D3,11D,17D,25D,36D. The fourth-order valence-corrected chi connectivity index (χ4v) is 14.1. The third-order valence-corrected chi connectivity index (χ3v) is 18.1. The summed E-state index contributed by atoms with van der Waals surface area (Å²) in [6, 6.07) is 72.2. The minimum Gasteiger partial charge on any atom is -0.457 e. The molecular weight excluding hydrogens is 1020 g/mol. The summed E-state index contributed by atoms with van der Waals surface area (Å²) in [5.74, 6) is 1.19. The molecule has 10 aromatic carbocycles. The Hall–Kier alpha value is -9.45. The molecule has 0 radical (unpaired) electrons. The number of anilines is 4. The molecule has 12 aromatic rings. The van der Waals surface area contributed by atoms with Crippen LogP contribution in [0.3, 0.4) is 0 Å². The van der Waals surface area contributed by atoms with Crippen molar-refractivity contribution < 1.29 is 14.3 Å². The highest BCUT2D eigenvalue weighted by Gasteiger charge is 2.54. The van der Waals surface area contributed by atoms with Crippen molar-refractivity contribution in [2.24, 2.45) is 0 Å². The van der Waals surface area contributed by atoms with E-state index >= 15 is 0 Å². The Morgan fingerprint density at radius 2 is 1.10 bits per heavy atom. The Morgan fingerprint density at radius 1 is 0.500 bits per heavy atom. The molecule has 0 saturated heterocycles. The molecule has 0 N–H and O–H groups in total. The lowest BCUT2D eigenvalue weighted by Gasteiger charge is -2.46. The van der Waals surface area contributed by atoms with Gasteiger partial charge in [0.2, 0.25) is 0 Å². The summed E-state index contributed by atoms with van der Waals surface area (Å²) in [4.78, 5) is 9.43. The molecule has 0 atom stereocenters. The molecular formula is C79H68N4O. The van der Waals surface area contributed by atoms with E-state index in [1.807, 2.05) is 18.2 Å². The number of pyridine rings is 1. The van der Waals surface area contributed by atoms with Crippen LogP contribution in [0.4, 0.5) is 22.7 Å². The second-order valence-corrected chi connectivity index (χ2v) is 25.5. The van der Waals surface area contributed by atoms with Crippen LogP contribution in [-0.4, -0.2) is 16.2 Å². The molecule has 5 heteroatoms. The van der Waals surface area contributed by atoms with Gasteiger partial charge in [0.15, 0.2) is 0 Å². The first-order chi connectivity index (χ1) is 43.5. The highest BCUT2D eigenvalue weighted by Crippen LogP contribution is 2.64. The Balaban J connectivity index is 0.903. The quantitative estimate of drug-likeness (QED) is 0.159. The minimum atomic E-state index is -2.45. The molecule has 0 saturated carbocycles. The van der Waals surface area contributed by atoms with Gasteiger partial charge in [-0.15, -0.1) is 0 Å². The maximum absolute atomic E-state index is 9.11. The van der Waals surface area contributed by atoms with E-state index in [4.69, 9.17) is 14.3 Å². The van der Waals surface area contributed by atoms with Gasteiger partial charge in [0.1, 0.15) is 24.0 Å². The zero-order chi connectivity index (χ0) is 63.4. The van der Waals surface area contributed by atoms with Gasteiger partial charge in [-0.05, 0) is 145 Å². The third kappa shape index (κ3) is 7.78. The van der Waals surface area contributed by atoms with Gasteiger partial charge in [-0.25, -0.2) is 4.98 Å². The first-order valence-electron chi connectivity index (χ1n) is 32.6. The summed E-state index contributed by atoms with van der Waals surface area (Å²) in [5.41, 5.74) is 21.1. The minimum absolute atomic E-state index is 0.0490. The number of aryl methyl sites for hydroxylation is 1. The molecule has 1 aliphatic heterocycles. The van der Waals surface area contributed by atoms with Crippen molar-refractivity contribution >= 4 is 44.6 Å². The molecule has 0 bridgehead atoms. The molecule has 2 aliphatic carbocycles. The summed E-state index contributed by atoms with van der Waals surface area (Å²) >= 11 is 0. The van der Waals surface area contributed by atoms with E-state index in [0.717, 1.165) is 45.0 Å². The van der Waals surface area contributed by atoms with Crippen LogP contribution in [-0.2, 0) is 21.7 Å². The Labute approximate surface area is 504 Å². The molecule has 3 aliphatic rings. The topological polar surface area (TPSA) is 33.5 Å². The highest BCUT2D eigenvalue weighted by atomic mass is 16.5. The van der Waals surface area contributed by atoms with E-state index in [1.54, 1.807) is 22.8 Å². The van der Waals surface area contributed by atoms with Gasteiger partial charge in [0, 0.05) is 55.4 Å². The van der Waals surface area contributed by atoms with Crippen molar-refractivity contribution in [1.29, 1.82) is 0 Å². The summed E-state index contributed by atoms with van der Waals surface area (Å²) in [5, 5.41) is 0.833. The SMILES string of the molecule is [2H]c1c([2H])c([2H])c2c(c1[2H])c1ccc(Oc3cccc(N4CN(c5c(-c6cc(C(C)(C)C)cc(C(C)(C)C)c6)cccc5-c5cccc6c5-c5ccccc5C65c6ccccc6C(C)(C)c6ccccc65)c5ccccc54)c3)cc1n2-c1cc(C([2H])([2H])[2H])ccn1. The van der Waals surface area contributed by atoms with Crippen LogP contribution in [0.25, 0.3) is 61.0 Å². The largest absolute Gasteiger partial charge is 0.457 e. The van der Waals surface area contributed by atoms with Gasteiger partial charge >= 0.3 is 0 Å². The van der Waals surface area contributed by atoms with E-state index in [9.17, 15) is 0 Å². The van der Waals surface area contributed by atoms with Gasteiger partial charge in [-0.2, -0.15) is 0 Å². The van der Waals surface area contributed by atoms with Gasteiger partial charge in [0.05, 0.1) is 39.0 Å². The number of fused-ring (bicyclic) bond motifs is 13. The number of benzene rings is 10. The Bertz CT molecular complexity index is 4940. The van der Waals surface area contributed by atoms with E-state index in [2.05, 4.69) is 228 Å². The molecule has 0 amide bonds. The summed E-state index contributed by atoms with van der Waals surface area (Å²) in [7, 11) is 0. The second-order valence-electron chi connectivity index (χ2n) is 25.5. The fraction of sp³-hybridized carbons (Fsp3) is 0.177. The van der Waals surface area contributed by atoms with Crippen LogP contribution in [0.5, 0.6) is 11.5 Å². The van der Waals surface area contributed by atoms with Crippen molar-refractivity contribution in [3.05, 3.63) is 287 Å². The third-order valence-electron chi connectivity index (χ3n) is 18.1. The number of ether oxygens (including phenoxy) is 1.